The Labute approximate surface area is 136 Å². The third-order valence-corrected chi connectivity index (χ3v) is 4.60. The van der Waals surface area contributed by atoms with Crippen LogP contribution in [0.15, 0.2) is 42.6 Å². The molecule has 1 N–H and O–H groups in total. The van der Waals surface area contributed by atoms with Gasteiger partial charge in [0.05, 0.1) is 12.3 Å². The van der Waals surface area contributed by atoms with Crippen molar-refractivity contribution >= 4 is 5.91 Å². The number of aliphatic hydroxyl groups is 1. The number of carbonyl (C=O) groups is 1. The van der Waals surface area contributed by atoms with E-state index in [4.69, 9.17) is 0 Å². The SMILES string of the molecule is CC(=O)N1CCC(c2ccnc(-c3cccc(CO)c3)c2)CC1. The first-order valence-corrected chi connectivity index (χ1v) is 8.09. The summed E-state index contributed by atoms with van der Waals surface area (Å²) in [6.07, 6.45) is 3.85. The smallest absolute Gasteiger partial charge is 0.219 e. The molecule has 1 aromatic heterocycles. The zero-order valence-corrected chi connectivity index (χ0v) is 13.4. The first-order chi connectivity index (χ1) is 11.2. The topological polar surface area (TPSA) is 53.4 Å². The van der Waals surface area contributed by atoms with Crippen LogP contribution in [0.2, 0.25) is 0 Å². The molecule has 0 bridgehead atoms. The van der Waals surface area contributed by atoms with E-state index >= 15 is 0 Å². The molecule has 1 saturated heterocycles. The Balaban J connectivity index is 1.79. The van der Waals surface area contributed by atoms with Gasteiger partial charge in [0.15, 0.2) is 0 Å². The largest absolute Gasteiger partial charge is 0.392 e. The summed E-state index contributed by atoms with van der Waals surface area (Å²) in [5.41, 5.74) is 4.14. The third-order valence-electron chi connectivity index (χ3n) is 4.60. The highest BCUT2D eigenvalue weighted by Crippen LogP contribution is 2.30. The number of nitrogens with zero attached hydrogens (tertiary/aromatic N) is 2. The van der Waals surface area contributed by atoms with Crippen LogP contribution in [-0.4, -0.2) is 34.0 Å². The average Bonchev–Trinajstić information content (AvgIpc) is 2.62. The Kier molecular flexibility index (Phi) is 4.72. The molecule has 1 aromatic carbocycles. The van der Waals surface area contributed by atoms with Crippen LogP contribution in [0.5, 0.6) is 0 Å². The Morgan fingerprint density at radius 1 is 1.26 bits per heavy atom. The summed E-state index contributed by atoms with van der Waals surface area (Å²) in [5.74, 6) is 0.646. The zero-order valence-electron chi connectivity index (χ0n) is 13.4. The average molecular weight is 310 g/mol. The number of piperidine rings is 1. The van der Waals surface area contributed by atoms with Gasteiger partial charge in [-0.1, -0.05) is 18.2 Å². The molecule has 1 fully saturated rings. The van der Waals surface area contributed by atoms with E-state index < -0.39 is 0 Å². The Morgan fingerprint density at radius 3 is 2.74 bits per heavy atom. The molecule has 23 heavy (non-hydrogen) atoms. The second-order valence-corrected chi connectivity index (χ2v) is 6.11. The van der Waals surface area contributed by atoms with E-state index in [9.17, 15) is 9.90 Å². The molecule has 1 amide bonds. The number of rotatable bonds is 3. The lowest BCUT2D eigenvalue weighted by Crippen LogP contribution is -2.36. The minimum atomic E-state index is 0.0387. The van der Waals surface area contributed by atoms with Gasteiger partial charge in [-0.05, 0) is 48.1 Å². The summed E-state index contributed by atoms with van der Waals surface area (Å²) in [6, 6.07) is 12.1. The number of aromatic nitrogens is 1. The van der Waals surface area contributed by atoms with Crippen LogP contribution < -0.4 is 0 Å². The second kappa shape index (κ2) is 6.92. The van der Waals surface area contributed by atoms with Crippen LogP contribution in [0.25, 0.3) is 11.3 Å². The summed E-state index contributed by atoms with van der Waals surface area (Å²) in [5, 5.41) is 9.28. The highest BCUT2D eigenvalue weighted by Gasteiger charge is 2.22. The van der Waals surface area contributed by atoms with Crippen molar-refractivity contribution in [2.75, 3.05) is 13.1 Å². The number of likely N-dealkylation sites (tertiary alicyclic amines) is 1. The monoisotopic (exact) mass is 310 g/mol. The standard InChI is InChI=1S/C19H22N2O2/c1-14(23)21-9-6-16(7-10-21)17-5-8-20-19(12-17)18-4-2-3-15(11-18)13-22/h2-5,8,11-12,16,22H,6-7,9-10,13H2,1H3. The van der Waals surface area contributed by atoms with E-state index in [1.165, 1.54) is 5.56 Å². The van der Waals surface area contributed by atoms with Crippen LogP contribution in [0.4, 0.5) is 0 Å². The van der Waals surface area contributed by atoms with Crippen molar-refractivity contribution in [2.45, 2.75) is 32.3 Å². The zero-order chi connectivity index (χ0) is 16.2. The number of aliphatic hydroxyl groups excluding tert-OH is 1. The molecule has 4 heteroatoms. The summed E-state index contributed by atoms with van der Waals surface area (Å²) >= 11 is 0. The van der Waals surface area contributed by atoms with Crippen molar-refractivity contribution in [2.24, 2.45) is 0 Å². The molecular formula is C19H22N2O2. The van der Waals surface area contributed by atoms with Crippen molar-refractivity contribution in [1.82, 2.24) is 9.88 Å². The molecule has 2 aromatic rings. The van der Waals surface area contributed by atoms with Gasteiger partial charge in [0.2, 0.25) is 5.91 Å². The van der Waals surface area contributed by atoms with Gasteiger partial charge in [-0.15, -0.1) is 0 Å². The lowest BCUT2D eigenvalue weighted by atomic mass is 9.89. The predicted molar refractivity (Wildman–Crippen MR) is 89.8 cm³/mol. The lowest BCUT2D eigenvalue weighted by Gasteiger charge is -2.31. The molecule has 0 atom stereocenters. The van der Waals surface area contributed by atoms with Crippen molar-refractivity contribution < 1.29 is 9.90 Å². The van der Waals surface area contributed by atoms with E-state index in [1.807, 2.05) is 35.4 Å². The van der Waals surface area contributed by atoms with E-state index in [0.717, 1.165) is 42.8 Å². The van der Waals surface area contributed by atoms with Crippen LogP contribution in [0, 0.1) is 0 Å². The molecule has 4 nitrogen and oxygen atoms in total. The molecule has 0 radical (unpaired) electrons. The molecular weight excluding hydrogens is 288 g/mol. The molecule has 120 valence electrons. The minimum absolute atomic E-state index is 0.0387. The maximum atomic E-state index is 11.4. The normalized spacial score (nSPS) is 15.7. The fourth-order valence-corrected chi connectivity index (χ4v) is 3.22. The van der Waals surface area contributed by atoms with Gasteiger partial charge in [0.1, 0.15) is 0 Å². The van der Waals surface area contributed by atoms with Crippen molar-refractivity contribution in [3.05, 3.63) is 53.7 Å². The molecule has 3 rings (SSSR count). The van der Waals surface area contributed by atoms with E-state index in [2.05, 4.69) is 17.1 Å². The molecule has 0 aliphatic carbocycles. The van der Waals surface area contributed by atoms with Gasteiger partial charge in [0.25, 0.3) is 0 Å². The summed E-state index contributed by atoms with van der Waals surface area (Å²) < 4.78 is 0. The summed E-state index contributed by atoms with van der Waals surface area (Å²) in [7, 11) is 0. The first kappa shape index (κ1) is 15.7. The number of carbonyl (C=O) groups excluding carboxylic acids is 1. The van der Waals surface area contributed by atoms with Gasteiger partial charge >= 0.3 is 0 Å². The molecule has 0 spiro atoms. The number of pyridine rings is 1. The highest BCUT2D eigenvalue weighted by molar-refractivity contribution is 5.73. The Morgan fingerprint density at radius 2 is 2.04 bits per heavy atom. The summed E-state index contributed by atoms with van der Waals surface area (Å²) in [4.78, 5) is 17.8. The van der Waals surface area contributed by atoms with Crippen LogP contribution in [0.1, 0.15) is 36.8 Å². The van der Waals surface area contributed by atoms with Crippen LogP contribution >= 0.6 is 0 Å². The number of amides is 1. The maximum absolute atomic E-state index is 11.4. The highest BCUT2D eigenvalue weighted by atomic mass is 16.3. The quantitative estimate of drug-likeness (QED) is 0.948. The fourth-order valence-electron chi connectivity index (χ4n) is 3.22. The number of hydrogen-bond acceptors (Lipinski definition) is 3. The van der Waals surface area contributed by atoms with Crippen LogP contribution in [0.3, 0.4) is 0 Å². The Bertz CT molecular complexity index is 691. The van der Waals surface area contributed by atoms with E-state index in [1.54, 1.807) is 6.92 Å². The predicted octanol–water partition coefficient (Wildman–Crippen LogP) is 2.97. The number of benzene rings is 1. The minimum Gasteiger partial charge on any atom is -0.392 e. The van der Waals surface area contributed by atoms with E-state index in [0.29, 0.717) is 5.92 Å². The van der Waals surface area contributed by atoms with Gasteiger partial charge < -0.3 is 10.0 Å². The van der Waals surface area contributed by atoms with E-state index in [-0.39, 0.29) is 12.5 Å². The van der Waals surface area contributed by atoms with Crippen molar-refractivity contribution in [3.8, 4) is 11.3 Å². The molecule has 1 aliphatic rings. The lowest BCUT2D eigenvalue weighted by molar-refractivity contribution is -0.129. The van der Waals surface area contributed by atoms with Gasteiger partial charge in [-0.3, -0.25) is 9.78 Å². The molecule has 1 aliphatic heterocycles. The summed E-state index contributed by atoms with van der Waals surface area (Å²) in [6.45, 7) is 3.34. The van der Waals surface area contributed by atoms with Crippen LogP contribution in [-0.2, 0) is 11.4 Å². The molecule has 0 saturated carbocycles. The fraction of sp³-hybridized carbons (Fsp3) is 0.368. The van der Waals surface area contributed by atoms with Gasteiger partial charge in [-0.25, -0.2) is 0 Å². The van der Waals surface area contributed by atoms with Crippen molar-refractivity contribution in [1.29, 1.82) is 0 Å². The Hall–Kier alpha value is -2.20. The third kappa shape index (κ3) is 3.59. The molecule has 2 heterocycles. The second-order valence-electron chi connectivity index (χ2n) is 6.11. The molecule has 0 unspecified atom stereocenters. The maximum Gasteiger partial charge on any atom is 0.219 e. The van der Waals surface area contributed by atoms with Gasteiger partial charge in [0, 0.05) is 31.8 Å². The number of hydrogen-bond donors (Lipinski definition) is 1. The first-order valence-electron chi connectivity index (χ1n) is 8.09. The van der Waals surface area contributed by atoms with Gasteiger partial charge in [-0.2, -0.15) is 0 Å². The van der Waals surface area contributed by atoms with Crippen molar-refractivity contribution in [3.63, 3.8) is 0 Å².